The molecule has 6 nitrogen and oxygen atoms in total. The molecule has 0 aliphatic heterocycles. The van der Waals surface area contributed by atoms with Gasteiger partial charge in [-0.05, 0) is 26.2 Å². The molecular weight excluding hydrogens is 222 g/mol. The Morgan fingerprint density at radius 1 is 1.59 bits per heavy atom. The van der Waals surface area contributed by atoms with E-state index in [1.165, 1.54) is 6.20 Å². The SMILES string of the molecule is Cc1cc(OC2CCC(N)C2)ncc1[N+](=O)[O-]. The summed E-state index contributed by atoms with van der Waals surface area (Å²) < 4.78 is 5.65. The van der Waals surface area contributed by atoms with Crippen LogP contribution in [0.25, 0.3) is 0 Å². The smallest absolute Gasteiger partial charge is 0.290 e. The molecule has 1 heterocycles. The highest BCUT2D eigenvalue weighted by Gasteiger charge is 2.24. The average Bonchev–Trinajstić information content (AvgIpc) is 2.63. The summed E-state index contributed by atoms with van der Waals surface area (Å²) >= 11 is 0. The fraction of sp³-hybridized carbons (Fsp3) is 0.545. The first-order valence-electron chi connectivity index (χ1n) is 5.59. The van der Waals surface area contributed by atoms with Gasteiger partial charge in [0.05, 0.1) is 4.92 Å². The maximum absolute atomic E-state index is 10.6. The molecule has 0 bridgehead atoms. The molecule has 2 unspecified atom stereocenters. The fourth-order valence-electron chi connectivity index (χ4n) is 2.03. The fourth-order valence-corrected chi connectivity index (χ4v) is 2.03. The molecule has 2 N–H and O–H groups in total. The van der Waals surface area contributed by atoms with E-state index >= 15 is 0 Å². The summed E-state index contributed by atoms with van der Waals surface area (Å²) in [6.45, 7) is 1.67. The van der Waals surface area contributed by atoms with Crippen molar-refractivity contribution in [2.75, 3.05) is 0 Å². The highest BCUT2D eigenvalue weighted by atomic mass is 16.6. The minimum atomic E-state index is -0.447. The Morgan fingerprint density at radius 2 is 2.35 bits per heavy atom. The summed E-state index contributed by atoms with van der Waals surface area (Å²) in [7, 11) is 0. The van der Waals surface area contributed by atoms with Crippen LogP contribution in [-0.4, -0.2) is 22.1 Å². The van der Waals surface area contributed by atoms with Crippen molar-refractivity contribution in [1.29, 1.82) is 0 Å². The highest BCUT2D eigenvalue weighted by molar-refractivity contribution is 5.39. The lowest BCUT2D eigenvalue weighted by atomic mass is 10.2. The van der Waals surface area contributed by atoms with Crippen molar-refractivity contribution in [3.05, 3.63) is 27.9 Å². The van der Waals surface area contributed by atoms with E-state index in [2.05, 4.69) is 4.98 Å². The van der Waals surface area contributed by atoms with Gasteiger partial charge in [-0.2, -0.15) is 0 Å². The van der Waals surface area contributed by atoms with Gasteiger partial charge in [-0.15, -0.1) is 0 Å². The van der Waals surface area contributed by atoms with Crippen LogP contribution in [0.1, 0.15) is 24.8 Å². The van der Waals surface area contributed by atoms with Gasteiger partial charge < -0.3 is 10.5 Å². The molecule has 92 valence electrons. The van der Waals surface area contributed by atoms with Crippen molar-refractivity contribution in [1.82, 2.24) is 4.98 Å². The predicted octanol–water partition coefficient (Wildman–Crippen LogP) is 1.56. The molecule has 2 atom stereocenters. The van der Waals surface area contributed by atoms with Crippen molar-refractivity contribution in [3.8, 4) is 5.88 Å². The Morgan fingerprint density at radius 3 is 2.88 bits per heavy atom. The monoisotopic (exact) mass is 237 g/mol. The second kappa shape index (κ2) is 4.67. The number of rotatable bonds is 3. The lowest BCUT2D eigenvalue weighted by Crippen LogP contribution is -2.19. The van der Waals surface area contributed by atoms with Crippen LogP contribution in [0.15, 0.2) is 12.3 Å². The molecule has 1 aromatic rings. The number of pyridine rings is 1. The largest absolute Gasteiger partial charge is 0.474 e. The van der Waals surface area contributed by atoms with Gasteiger partial charge in [-0.25, -0.2) is 4.98 Å². The lowest BCUT2D eigenvalue weighted by Gasteiger charge is -2.12. The number of nitrogens with zero attached hydrogens (tertiary/aromatic N) is 2. The topological polar surface area (TPSA) is 91.3 Å². The van der Waals surface area contributed by atoms with Crippen LogP contribution in [0.4, 0.5) is 5.69 Å². The number of hydrogen-bond acceptors (Lipinski definition) is 5. The molecule has 0 aromatic carbocycles. The minimum absolute atomic E-state index is 0.0143. The normalized spacial score (nSPS) is 23.6. The van der Waals surface area contributed by atoms with Crippen LogP contribution in [0.2, 0.25) is 0 Å². The Balaban J connectivity index is 2.07. The molecule has 1 aliphatic carbocycles. The third-order valence-corrected chi connectivity index (χ3v) is 2.97. The van der Waals surface area contributed by atoms with Gasteiger partial charge in [-0.1, -0.05) is 0 Å². The van der Waals surface area contributed by atoms with Crippen LogP contribution >= 0.6 is 0 Å². The van der Waals surface area contributed by atoms with E-state index in [0.717, 1.165) is 19.3 Å². The zero-order valence-corrected chi connectivity index (χ0v) is 9.63. The third-order valence-electron chi connectivity index (χ3n) is 2.97. The van der Waals surface area contributed by atoms with Crippen LogP contribution in [-0.2, 0) is 0 Å². The van der Waals surface area contributed by atoms with Gasteiger partial charge in [0.25, 0.3) is 5.69 Å². The molecule has 1 aliphatic rings. The van der Waals surface area contributed by atoms with Gasteiger partial charge in [0.2, 0.25) is 5.88 Å². The van der Waals surface area contributed by atoms with E-state index in [1.54, 1.807) is 13.0 Å². The number of aromatic nitrogens is 1. The second-order valence-corrected chi connectivity index (χ2v) is 4.38. The summed E-state index contributed by atoms with van der Waals surface area (Å²) in [4.78, 5) is 14.1. The first kappa shape index (κ1) is 11.8. The molecule has 1 aromatic heterocycles. The lowest BCUT2D eigenvalue weighted by molar-refractivity contribution is -0.385. The molecule has 1 fully saturated rings. The molecule has 17 heavy (non-hydrogen) atoms. The van der Waals surface area contributed by atoms with Gasteiger partial charge >= 0.3 is 0 Å². The number of ether oxygens (including phenoxy) is 1. The molecule has 0 spiro atoms. The number of hydrogen-bond donors (Lipinski definition) is 1. The summed E-state index contributed by atoms with van der Waals surface area (Å²) in [5.74, 6) is 0.437. The minimum Gasteiger partial charge on any atom is -0.474 e. The first-order chi connectivity index (χ1) is 8.06. The summed E-state index contributed by atoms with van der Waals surface area (Å²) in [5.41, 5.74) is 6.35. The zero-order chi connectivity index (χ0) is 12.4. The maximum atomic E-state index is 10.6. The van der Waals surface area contributed by atoms with Gasteiger partial charge in [0.15, 0.2) is 0 Å². The maximum Gasteiger partial charge on any atom is 0.290 e. The third kappa shape index (κ3) is 2.71. The van der Waals surface area contributed by atoms with Crippen LogP contribution < -0.4 is 10.5 Å². The second-order valence-electron chi connectivity index (χ2n) is 4.38. The molecule has 0 amide bonds. The molecule has 0 radical (unpaired) electrons. The average molecular weight is 237 g/mol. The first-order valence-corrected chi connectivity index (χ1v) is 5.59. The van der Waals surface area contributed by atoms with E-state index in [9.17, 15) is 10.1 Å². The number of nitrogens with two attached hydrogens (primary N) is 1. The van der Waals surface area contributed by atoms with Crippen molar-refractivity contribution in [2.24, 2.45) is 5.73 Å². The van der Waals surface area contributed by atoms with Crippen LogP contribution in [0.5, 0.6) is 5.88 Å². The van der Waals surface area contributed by atoms with Gasteiger partial charge in [-0.3, -0.25) is 10.1 Å². The van der Waals surface area contributed by atoms with E-state index < -0.39 is 4.92 Å². The highest BCUT2D eigenvalue weighted by Crippen LogP contribution is 2.25. The van der Waals surface area contributed by atoms with E-state index in [0.29, 0.717) is 11.4 Å². The summed E-state index contributed by atoms with van der Waals surface area (Å²) in [6.07, 6.45) is 4.01. The Labute approximate surface area is 98.9 Å². The van der Waals surface area contributed by atoms with Crippen LogP contribution in [0, 0.1) is 17.0 Å². The van der Waals surface area contributed by atoms with Crippen molar-refractivity contribution >= 4 is 5.69 Å². The zero-order valence-electron chi connectivity index (χ0n) is 9.63. The molecule has 6 heteroatoms. The summed E-state index contributed by atoms with van der Waals surface area (Å²) in [6, 6.07) is 1.79. The Kier molecular flexibility index (Phi) is 3.23. The van der Waals surface area contributed by atoms with E-state index in [4.69, 9.17) is 10.5 Å². The van der Waals surface area contributed by atoms with E-state index in [1.807, 2.05) is 0 Å². The molecule has 1 saturated carbocycles. The van der Waals surface area contributed by atoms with E-state index in [-0.39, 0.29) is 17.8 Å². The van der Waals surface area contributed by atoms with Gasteiger partial charge in [0, 0.05) is 17.7 Å². The molecular formula is C11H15N3O3. The number of aryl methyl sites for hydroxylation is 1. The van der Waals surface area contributed by atoms with Crippen molar-refractivity contribution in [3.63, 3.8) is 0 Å². The standard InChI is InChI=1S/C11H15N3O3/c1-7-4-11(13-6-10(7)14(15)16)17-9-3-2-8(12)5-9/h4,6,8-9H,2-3,5,12H2,1H3. The van der Waals surface area contributed by atoms with Crippen molar-refractivity contribution < 1.29 is 9.66 Å². The Hall–Kier alpha value is -1.69. The summed E-state index contributed by atoms with van der Waals surface area (Å²) in [5, 5.41) is 10.6. The van der Waals surface area contributed by atoms with Crippen molar-refractivity contribution in [2.45, 2.75) is 38.3 Å². The quantitative estimate of drug-likeness (QED) is 0.636. The Bertz CT molecular complexity index is 436. The van der Waals surface area contributed by atoms with Crippen LogP contribution in [0.3, 0.4) is 0 Å². The molecule has 2 rings (SSSR count). The number of nitro groups is 1. The van der Waals surface area contributed by atoms with Gasteiger partial charge in [0.1, 0.15) is 12.3 Å². The predicted molar refractivity (Wildman–Crippen MR) is 61.9 cm³/mol. The molecule has 0 saturated heterocycles.